The lowest BCUT2D eigenvalue weighted by Gasteiger charge is -2.18. The summed E-state index contributed by atoms with van der Waals surface area (Å²) in [4.78, 5) is 11.9. The zero-order chi connectivity index (χ0) is 12.5. The van der Waals surface area contributed by atoms with E-state index in [2.05, 4.69) is 17.6 Å². The highest BCUT2D eigenvalue weighted by atomic mass is 16.7. The van der Waals surface area contributed by atoms with E-state index in [0.29, 0.717) is 19.1 Å². The number of rotatable bonds is 3. The van der Waals surface area contributed by atoms with Gasteiger partial charge in [0.15, 0.2) is 5.79 Å². The molecule has 2 heterocycles. The number of nitrogens with one attached hydrogen (secondary N) is 2. The molecule has 2 saturated heterocycles. The molecule has 0 aromatic heterocycles. The van der Waals surface area contributed by atoms with Crippen LogP contribution in [0.5, 0.6) is 0 Å². The minimum absolute atomic E-state index is 0.0291. The number of carbonyl (C=O) groups is 1. The highest BCUT2D eigenvalue weighted by Gasteiger charge is 2.34. The predicted octanol–water partition coefficient (Wildman–Crippen LogP) is 0.110. The van der Waals surface area contributed by atoms with Gasteiger partial charge in [-0.15, -0.1) is 0 Å². The van der Waals surface area contributed by atoms with Gasteiger partial charge in [0.05, 0.1) is 12.5 Å². The molecule has 0 spiro atoms. The molecule has 2 aliphatic heterocycles. The van der Waals surface area contributed by atoms with Gasteiger partial charge in [-0.3, -0.25) is 4.79 Å². The molecule has 0 aliphatic carbocycles. The standard InChI is InChI=1S/C12H22N2O3/c1-8-4-13-6-10(8)11(15)14-5-9-7-16-12(2,3)17-9/h8-10,13H,4-7H2,1-3H3,(H,14,15). The van der Waals surface area contributed by atoms with Gasteiger partial charge in [0.25, 0.3) is 0 Å². The van der Waals surface area contributed by atoms with Crippen molar-refractivity contribution in [2.45, 2.75) is 32.7 Å². The molecule has 0 aromatic carbocycles. The Morgan fingerprint density at radius 2 is 2.24 bits per heavy atom. The van der Waals surface area contributed by atoms with E-state index in [0.717, 1.165) is 13.1 Å². The first-order valence-electron chi connectivity index (χ1n) is 6.28. The molecule has 5 heteroatoms. The van der Waals surface area contributed by atoms with Crippen molar-refractivity contribution in [3.63, 3.8) is 0 Å². The van der Waals surface area contributed by atoms with E-state index in [1.54, 1.807) is 0 Å². The van der Waals surface area contributed by atoms with E-state index in [-0.39, 0.29) is 17.9 Å². The van der Waals surface area contributed by atoms with E-state index >= 15 is 0 Å². The molecule has 1 amide bonds. The number of hydrogen-bond acceptors (Lipinski definition) is 4. The highest BCUT2D eigenvalue weighted by molar-refractivity contribution is 5.79. The molecule has 2 N–H and O–H groups in total. The van der Waals surface area contributed by atoms with Gasteiger partial charge in [0.1, 0.15) is 6.10 Å². The van der Waals surface area contributed by atoms with E-state index in [9.17, 15) is 4.79 Å². The molecule has 5 nitrogen and oxygen atoms in total. The lowest BCUT2D eigenvalue weighted by atomic mass is 9.97. The lowest BCUT2D eigenvalue weighted by Crippen LogP contribution is -2.39. The van der Waals surface area contributed by atoms with Gasteiger partial charge in [0, 0.05) is 13.1 Å². The maximum absolute atomic E-state index is 11.9. The summed E-state index contributed by atoms with van der Waals surface area (Å²) in [7, 11) is 0. The van der Waals surface area contributed by atoms with Crippen molar-refractivity contribution >= 4 is 5.91 Å². The van der Waals surface area contributed by atoms with Crippen LogP contribution in [0.15, 0.2) is 0 Å². The maximum atomic E-state index is 11.9. The van der Waals surface area contributed by atoms with Gasteiger partial charge in [-0.2, -0.15) is 0 Å². The molecule has 3 unspecified atom stereocenters. The van der Waals surface area contributed by atoms with Crippen LogP contribution in [-0.2, 0) is 14.3 Å². The molecule has 2 aliphatic rings. The fourth-order valence-corrected chi connectivity index (χ4v) is 2.37. The molecular weight excluding hydrogens is 220 g/mol. The molecule has 17 heavy (non-hydrogen) atoms. The number of amides is 1. The Labute approximate surface area is 102 Å². The smallest absolute Gasteiger partial charge is 0.224 e. The van der Waals surface area contributed by atoms with Crippen molar-refractivity contribution in [2.75, 3.05) is 26.2 Å². The minimum Gasteiger partial charge on any atom is -0.353 e. The van der Waals surface area contributed by atoms with Gasteiger partial charge in [-0.05, 0) is 26.3 Å². The SMILES string of the molecule is CC1CNCC1C(=O)NCC1COC(C)(C)O1. The molecule has 0 radical (unpaired) electrons. The first kappa shape index (κ1) is 12.8. The van der Waals surface area contributed by atoms with Crippen LogP contribution in [0.4, 0.5) is 0 Å². The average Bonchev–Trinajstić information content (AvgIpc) is 2.81. The fraction of sp³-hybridized carbons (Fsp3) is 0.917. The van der Waals surface area contributed by atoms with Gasteiger partial charge in [-0.1, -0.05) is 6.92 Å². The van der Waals surface area contributed by atoms with Gasteiger partial charge in [0.2, 0.25) is 5.91 Å². The van der Waals surface area contributed by atoms with Crippen LogP contribution in [0.3, 0.4) is 0 Å². The Kier molecular flexibility index (Phi) is 3.70. The lowest BCUT2D eigenvalue weighted by molar-refractivity contribution is -0.140. The average molecular weight is 242 g/mol. The van der Waals surface area contributed by atoms with Crippen molar-refractivity contribution in [1.82, 2.24) is 10.6 Å². The maximum Gasteiger partial charge on any atom is 0.224 e. The molecule has 3 atom stereocenters. The number of ether oxygens (including phenoxy) is 2. The van der Waals surface area contributed by atoms with Crippen LogP contribution in [0.25, 0.3) is 0 Å². The second-order valence-electron chi connectivity index (χ2n) is 5.44. The Hall–Kier alpha value is -0.650. The summed E-state index contributed by atoms with van der Waals surface area (Å²) in [5.74, 6) is 0.103. The molecule has 2 rings (SSSR count). The highest BCUT2D eigenvalue weighted by Crippen LogP contribution is 2.22. The van der Waals surface area contributed by atoms with Crippen LogP contribution in [0.2, 0.25) is 0 Å². The Morgan fingerprint density at radius 1 is 1.47 bits per heavy atom. The van der Waals surface area contributed by atoms with Crippen molar-refractivity contribution in [3.8, 4) is 0 Å². The summed E-state index contributed by atoms with van der Waals surface area (Å²) in [6.07, 6.45) is -0.0291. The topological polar surface area (TPSA) is 59.6 Å². The summed E-state index contributed by atoms with van der Waals surface area (Å²) in [6, 6.07) is 0. The van der Waals surface area contributed by atoms with Crippen molar-refractivity contribution in [1.29, 1.82) is 0 Å². The van der Waals surface area contributed by atoms with Crippen molar-refractivity contribution in [3.05, 3.63) is 0 Å². The van der Waals surface area contributed by atoms with Crippen LogP contribution in [0, 0.1) is 11.8 Å². The second kappa shape index (κ2) is 4.92. The molecule has 0 aromatic rings. The monoisotopic (exact) mass is 242 g/mol. The van der Waals surface area contributed by atoms with Gasteiger partial charge >= 0.3 is 0 Å². The molecule has 2 fully saturated rings. The van der Waals surface area contributed by atoms with Crippen molar-refractivity contribution in [2.24, 2.45) is 11.8 Å². The first-order chi connectivity index (χ1) is 7.98. The molecule has 0 saturated carbocycles. The second-order valence-corrected chi connectivity index (χ2v) is 5.44. The van der Waals surface area contributed by atoms with Crippen LogP contribution in [-0.4, -0.2) is 44.0 Å². The van der Waals surface area contributed by atoms with Crippen LogP contribution >= 0.6 is 0 Å². The summed E-state index contributed by atoms with van der Waals surface area (Å²) in [5.41, 5.74) is 0. The minimum atomic E-state index is -0.516. The fourth-order valence-electron chi connectivity index (χ4n) is 2.37. The zero-order valence-electron chi connectivity index (χ0n) is 10.8. The summed E-state index contributed by atoms with van der Waals surface area (Å²) >= 11 is 0. The third-order valence-corrected chi connectivity index (χ3v) is 3.43. The van der Waals surface area contributed by atoms with E-state index in [1.807, 2.05) is 13.8 Å². The normalized spacial score (nSPS) is 36.1. The van der Waals surface area contributed by atoms with Crippen LogP contribution < -0.4 is 10.6 Å². The summed E-state index contributed by atoms with van der Waals surface area (Å²) < 4.78 is 11.1. The molecule has 0 bridgehead atoms. The zero-order valence-corrected chi connectivity index (χ0v) is 10.8. The predicted molar refractivity (Wildman–Crippen MR) is 63.4 cm³/mol. The van der Waals surface area contributed by atoms with Crippen molar-refractivity contribution < 1.29 is 14.3 Å². The summed E-state index contributed by atoms with van der Waals surface area (Å²) in [5, 5.41) is 6.18. The van der Waals surface area contributed by atoms with Gasteiger partial charge in [-0.25, -0.2) is 0 Å². The molecular formula is C12H22N2O3. The van der Waals surface area contributed by atoms with E-state index < -0.39 is 5.79 Å². The molecule has 98 valence electrons. The largest absolute Gasteiger partial charge is 0.353 e. The summed E-state index contributed by atoms with van der Waals surface area (Å²) in [6.45, 7) is 8.66. The third kappa shape index (κ3) is 3.18. The first-order valence-corrected chi connectivity index (χ1v) is 6.28. The number of carbonyl (C=O) groups excluding carboxylic acids is 1. The van der Waals surface area contributed by atoms with Crippen LogP contribution in [0.1, 0.15) is 20.8 Å². The van der Waals surface area contributed by atoms with E-state index in [4.69, 9.17) is 9.47 Å². The van der Waals surface area contributed by atoms with Gasteiger partial charge < -0.3 is 20.1 Å². The third-order valence-electron chi connectivity index (χ3n) is 3.43. The number of hydrogen-bond donors (Lipinski definition) is 2. The Bertz CT molecular complexity index is 293. The quantitative estimate of drug-likeness (QED) is 0.737. The Balaban J connectivity index is 1.73. The Morgan fingerprint density at radius 3 is 2.76 bits per heavy atom. The van der Waals surface area contributed by atoms with E-state index in [1.165, 1.54) is 0 Å².